The van der Waals surface area contributed by atoms with Gasteiger partial charge in [-0.3, -0.25) is 9.38 Å². The van der Waals surface area contributed by atoms with Crippen molar-refractivity contribution in [1.82, 2.24) is 19.4 Å². The van der Waals surface area contributed by atoms with Gasteiger partial charge in [0.15, 0.2) is 5.65 Å². The molecule has 156 valence electrons. The van der Waals surface area contributed by atoms with Crippen LogP contribution < -0.4 is 0 Å². The minimum atomic E-state index is -4.88. The van der Waals surface area contributed by atoms with Crippen LogP contribution in [0.4, 0.5) is 26.3 Å². The first-order chi connectivity index (χ1) is 14.6. The van der Waals surface area contributed by atoms with Crippen molar-refractivity contribution in [1.29, 1.82) is 0 Å². The van der Waals surface area contributed by atoms with Crippen LogP contribution in [0.3, 0.4) is 0 Å². The summed E-state index contributed by atoms with van der Waals surface area (Å²) in [6.07, 6.45) is -0.252. The van der Waals surface area contributed by atoms with Crippen molar-refractivity contribution in [2.24, 2.45) is 0 Å². The van der Waals surface area contributed by atoms with Crippen LogP contribution in [0, 0.1) is 12.3 Å². The van der Waals surface area contributed by atoms with Crippen molar-refractivity contribution in [3.8, 4) is 34.9 Å². The standard InChI is InChI=1S/C21H10F6N4/c1-2-15-16(12-5-7-14(8-6-12)20(22,23)24)30-19-17(13-4-3-9-28-10-13)29-11-31(19)18(15)21(25,26)27/h1,3-11H. The Bertz CT molecular complexity index is 1300. The van der Waals surface area contributed by atoms with E-state index in [4.69, 9.17) is 6.42 Å². The predicted molar refractivity (Wildman–Crippen MR) is 99.6 cm³/mol. The molecule has 0 saturated heterocycles. The molecule has 0 aliphatic carbocycles. The quantitative estimate of drug-likeness (QED) is 0.311. The highest BCUT2D eigenvalue weighted by Crippen LogP contribution is 2.38. The maximum absolute atomic E-state index is 14.0. The molecule has 0 aliphatic heterocycles. The molecule has 4 aromatic rings. The predicted octanol–water partition coefficient (Wildman–Crippen LogP) is 5.48. The van der Waals surface area contributed by atoms with Gasteiger partial charge < -0.3 is 0 Å². The number of hydrogen-bond donors (Lipinski definition) is 0. The van der Waals surface area contributed by atoms with E-state index in [1.165, 1.54) is 12.4 Å². The summed E-state index contributed by atoms with van der Waals surface area (Å²) in [5.74, 6) is 1.99. The molecule has 0 atom stereocenters. The van der Waals surface area contributed by atoms with Crippen LogP contribution in [0.2, 0.25) is 0 Å². The molecule has 0 N–H and O–H groups in total. The van der Waals surface area contributed by atoms with E-state index in [9.17, 15) is 26.3 Å². The Morgan fingerprint density at radius 2 is 1.58 bits per heavy atom. The van der Waals surface area contributed by atoms with Gasteiger partial charge in [0, 0.05) is 23.5 Å². The molecule has 0 unspecified atom stereocenters. The van der Waals surface area contributed by atoms with Crippen LogP contribution in [-0.2, 0) is 12.4 Å². The molecule has 0 aliphatic rings. The summed E-state index contributed by atoms with van der Waals surface area (Å²) in [6.45, 7) is 0. The van der Waals surface area contributed by atoms with E-state index in [-0.39, 0.29) is 22.6 Å². The number of terminal acetylenes is 1. The molecule has 3 heterocycles. The van der Waals surface area contributed by atoms with Crippen LogP contribution in [0.1, 0.15) is 16.8 Å². The van der Waals surface area contributed by atoms with Crippen LogP contribution in [-0.4, -0.2) is 19.4 Å². The highest BCUT2D eigenvalue weighted by Gasteiger charge is 2.39. The second-order valence-corrected chi connectivity index (χ2v) is 6.43. The number of imidazole rings is 1. The molecule has 0 saturated carbocycles. The Hall–Kier alpha value is -3.87. The molecule has 0 amide bonds. The van der Waals surface area contributed by atoms with Crippen molar-refractivity contribution in [3.05, 3.63) is 71.9 Å². The van der Waals surface area contributed by atoms with Crippen LogP contribution >= 0.6 is 0 Å². The van der Waals surface area contributed by atoms with Gasteiger partial charge in [0.2, 0.25) is 0 Å². The van der Waals surface area contributed by atoms with Gasteiger partial charge in [-0.2, -0.15) is 26.3 Å². The summed E-state index contributed by atoms with van der Waals surface area (Å²) < 4.78 is 81.3. The monoisotopic (exact) mass is 432 g/mol. The minimum Gasteiger partial charge on any atom is -0.277 e. The third-order valence-electron chi connectivity index (χ3n) is 4.51. The van der Waals surface area contributed by atoms with Gasteiger partial charge in [0.1, 0.15) is 17.7 Å². The van der Waals surface area contributed by atoms with Gasteiger partial charge in [0.25, 0.3) is 0 Å². The largest absolute Gasteiger partial charge is 0.433 e. The fraction of sp³-hybridized carbons (Fsp3) is 0.0952. The second-order valence-electron chi connectivity index (χ2n) is 6.43. The zero-order valence-electron chi connectivity index (χ0n) is 15.3. The number of benzene rings is 1. The van der Waals surface area contributed by atoms with Gasteiger partial charge in [-0.15, -0.1) is 6.42 Å². The number of rotatable bonds is 2. The maximum Gasteiger partial charge on any atom is 0.433 e. The van der Waals surface area contributed by atoms with Gasteiger partial charge in [-0.25, -0.2) is 9.97 Å². The molecule has 0 fully saturated rings. The lowest BCUT2D eigenvalue weighted by Crippen LogP contribution is -2.16. The SMILES string of the molecule is C#Cc1c(-c2ccc(C(F)(F)F)cc2)nc2c(-c3cccnc3)ncn2c1C(F)(F)F. The Kier molecular flexibility index (Phi) is 4.69. The first-order valence-corrected chi connectivity index (χ1v) is 8.64. The van der Waals surface area contributed by atoms with Crippen molar-refractivity contribution < 1.29 is 26.3 Å². The van der Waals surface area contributed by atoms with Crippen molar-refractivity contribution in [2.75, 3.05) is 0 Å². The number of halogens is 6. The summed E-state index contributed by atoms with van der Waals surface area (Å²) in [7, 11) is 0. The molecule has 1 aromatic carbocycles. The van der Waals surface area contributed by atoms with E-state index in [0.717, 1.165) is 35.0 Å². The average molecular weight is 432 g/mol. The molecular weight excluding hydrogens is 422 g/mol. The highest BCUT2D eigenvalue weighted by molar-refractivity contribution is 5.79. The minimum absolute atomic E-state index is 0.00675. The van der Waals surface area contributed by atoms with Crippen LogP contribution in [0.25, 0.3) is 28.2 Å². The van der Waals surface area contributed by atoms with E-state index >= 15 is 0 Å². The molecule has 0 bridgehead atoms. The lowest BCUT2D eigenvalue weighted by Gasteiger charge is -2.16. The van der Waals surface area contributed by atoms with Crippen molar-refractivity contribution >= 4 is 5.65 Å². The summed E-state index contributed by atoms with van der Waals surface area (Å²) in [5, 5.41) is 0. The maximum atomic E-state index is 14.0. The first kappa shape index (κ1) is 20.4. The molecule has 3 aromatic heterocycles. The number of fused-ring (bicyclic) bond motifs is 1. The fourth-order valence-electron chi connectivity index (χ4n) is 3.15. The number of alkyl halides is 6. The van der Waals surface area contributed by atoms with Gasteiger partial charge in [-0.05, 0) is 24.3 Å². The van der Waals surface area contributed by atoms with Crippen LogP contribution in [0.15, 0.2) is 55.1 Å². The van der Waals surface area contributed by atoms with E-state index in [0.29, 0.717) is 5.56 Å². The number of pyridine rings is 1. The molecule has 4 nitrogen and oxygen atoms in total. The number of hydrogen-bond acceptors (Lipinski definition) is 3. The fourth-order valence-corrected chi connectivity index (χ4v) is 3.15. The van der Waals surface area contributed by atoms with E-state index in [1.54, 1.807) is 12.1 Å². The lowest BCUT2D eigenvalue weighted by atomic mass is 10.0. The van der Waals surface area contributed by atoms with E-state index < -0.39 is 29.2 Å². The third-order valence-corrected chi connectivity index (χ3v) is 4.51. The van der Waals surface area contributed by atoms with Crippen molar-refractivity contribution in [2.45, 2.75) is 12.4 Å². The Morgan fingerprint density at radius 3 is 2.13 bits per heavy atom. The van der Waals surface area contributed by atoms with Gasteiger partial charge >= 0.3 is 12.4 Å². The second kappa shape index (κ2) is 7.12. The number of aromatic nitrogens is 4. The van der Waals surface area contributed by atoms with Crippen LogP contribution in [0.5, 0.6) is 0 Å². The average Bonchev–Trinajstić information content (AvgIpc) is 3.15. The summed E-state index contributed by atoms with van der Waals surface area (Å²) in [5.41, 5.74) is -2.64. The first-order valence-electron chi connectivity index (χ1n) is 8.64. The highest BCUT2D eigenvalue weighted by atomic mass is 19.4. The summed E-state index contributed by atoms with van der Waals surface area (Å²) in [4.78, 5) is 12.2. The smallest absolute Gasteiger partial charge is 0.277 e. The lowest BCUT2D eigenvalue weighted by molar-refractivity contribution is -0.142. The molecule has 4 rings (SSSR count). The Morgan fingerprint density at radius 1 is 0.871 bits per heavy atom. The Balaban J connectivity index is 2.04. The zero-order valence-corrected chi connectivity index (χ0v) is 15.3. The molecular formula is C21H10F6N4. The Labute approximate surface area is 171 Å². The van der Waals surface area contributed by atoms with E-state index in [1.807, 2.05) is 5.92 Å². The molecule has 10 heteroatoms. The molecule has 0 spiro atoms. The van der Waals surface area contributed by atoms with Gasteiger partial charge in [-0.1, -0.05) is 18.1 Å². The molecule has 31 heavy (non-hydrogen) atoms. The normalized spacial score (nSPS) is 12.2. The summed E-state index contributed by atoms with van der Waals surface area (Å²) in [6, 6.07) is 6.75. The molecule has 0 radical (unpaired) electrons. The van der Waals surface area contributed by atoms with E-state index in [2.05, 4.69) is 15.0 Å². The van der Waals surface area contributed by atoms with Gasteiger partial charge in [0.05, 0.1) is 16.8 Å². The number of nitrogens with zero attached hydrogens (tertiary/aromatic N) is 4. The topological polar surface area (TPSA) is 43.1 Å². The zero-order chi connectivity index (χ0) is 22.4. The van der Waals surface area contributed by atoms with Crippen molar-refractivity contribution in [3.63, 3.8) is 0 Å². The third kappa shape index (κ3) is 3.59. The summed E-state index contributed by atoms with van der Waals surface area (Å²) >= 11 is 0.